The number of hydrogen-bond donors (Lipinski definition) is 1. The summed E-state index contributed by atoms with van der Waals surface area (Å²) in [4.78, 5) is 33.1. The Labute approximate surface area is 139 Å². The van der Waals surface area contributed by atoms with Crippen LogP contribution in [0.2, 0.25) is 0 Å². The van der Waals surface area contributed by atoms with Crippen molar-refractivity contribution in [3.63, 3.8) is 0 Å². The fraction of sp³-hybridized carbons (Fsp3) is 0.500. The van der Waals surface area contributed by atoms with Crippen molar-refractivity contribution in [2.45, 2.75) is 51.5 Å². The van der Waals surface area contributed by atoms with Crippen LogP contribution in [0.15, 0.2) is 21.5 Å². The third-order valence-electron chi connectivity index (χ3n) is 5.13. The van der Waals surface area contributed by atoms with Crippen LogP contribution in [0.3, 0.4) is 0 Å². The summed E-state index contributed by atoms with van der Waals surface area (Å²) in [6.07, 6.45) is 7.35. The fourth-order valence-corrected chi connectivity index (χ4v) is 4.04. The first kappa shape index (κ1) is 15.2. The number of carbonyl (C=O) groups is 1. The third-order valence-corrected chi connectivity index (χ3v) is 5.13. The molecule has 4 rings (SSSR count). The Balaban J connectivity index is 1.69. The van der Waals surface area contributed by atoms with Crippen molar-refractivity contribution in [1.82, 2.24) is 14.9 Å². The summed E-state index contributed by atoms with van der Waals surface area (Å²) in [7, 11) is 0. The van der Waals surface area contributed by atoms with E-state index in [1.54, 1.807) is 6.07 Å². The molecule has 1 fully saturated rings. The zero-order valence-electron chi connectivity index (χ0n) is 13.8. The van der Waals surface area contributed by atoms with Gasteiger partial charge in [-0.25, -0.2) is 9.78 Å². The van der Waals surface area contributed by atoms with Crippen LogP contribution >= 0.6 is 0 Å². The van der Waals surface area contributed by atoms with Crippen LogP contribution in [0.25, 0.3) is 0 Å². The second-order valence-electron chi connectivity index (χ2n) is 6.63. The van der Waals surface area contributed by atoms with E-state index in [0.717, 1.165) is 66.9 Å². The van der Waals surface area contributed by atoms with E-state index in [9.17, 15) is 9.59 Å². The van der Waals surface area contributed by atoms with E-state index in [-0.39, 0.29) is 17.6 Å². The number of aromatic nitrogens is 2. The Morgan fingerprint density at radius 2 is 2.17 bits per heavy atom. The molecule has 1 amide bonds. The predicted octanol–water partition coefficient (Wildman–Crippen LogP) is 2.53. The van der Waals surface area contributed by atoms with Gasteiger partial charge in [-0.2, -0.15) is 0 Å². The lowest BCUT2D eigenvalue weighted by Gasteiger charge is -2.25. The number of nitrogens with zero attached hydrogens (tertiary/aromatic N) is 2. The maximum absolute atomic E-state index is 13.2. The minimum atomic E-state index is -0.372. The first-order valence-corrected chi connectivity index (χ1v) is 8.62. The van der Waals surface area contributed by atoms with Crippen molar-refractivity contribution >= 4 is 5.91 Å². The van der Waals surface area contributed by atoms with E-state index in [0.29, 0.717) is 6.54 Å². The number of aryl methyl sites for hydroxylation is 2. The number of furan rings is 1. The summed E-state index contributed by atoms with van der Waals surface area (Å²) in [6, 6.07) is 1.69. The number of carbonyl (C=O) groups excluding carboxylic acids is 1. The third kappa shape index (κ3) is 2.46. The molecule has 24 heavy (non-hydrogen) atoms. The van der Waals surface area contributed by atoms with Gasteiger partial charge in [0.25, 0.3) is 5.91 Å². The minimum Gasteiger partial charge on any atom is -0.465 e. The predicted molar refractivity (Wildman–Crippen MR) is 88.0 cm³/mol. The topological polar surface area (TPSA) is 79.2 Å². The Kier molecular flexibility index (Phi) is 3.75. The molecular weight excluding hydrogens is 306 g/mol. The highest BCUT2D eigenvalue weighted by Crippen LogP contribution is 2.35. The van der Waals surface area contributed by atoms with Gasteiger partial charge < -0.3 is 14.3 Å². The summed E-state index contributed by atoms with van der Waals surface area (Å²) in [5.74, 6) is 1.73. The number of nitrogens with one attached hydrogen (secondary N) is 1. The molecule has 1 aliphatic carbocycles. The molecule has 0 unspecified atom stereocenters. The zero-order chi connectivity index (χ0) is 16.7. The SMILES string of the molecule is Cc1oc2c(c1C(=O)N1CCC[C@H]1c1ccnc(=O)[nH]1)CCCC2. The molecule has 2 aliphatic rings. The fourth-order valence-electron chi connectivity index (χ4n) is 4.04. The van der Waals surface area contributed by atoms with Crippen LogP contribution in [-0.4, -0.2) is 27.3 Å². The normalized spacial score (nSPS) is 20.2. The highest BCUT2D eigenvalue weighted by atomic mass is 16.3. The summed E-state index contributed by atoms with van der Waals surface area (Å²) in [5, 5.41) is 0. The summed E-state index contributed by atoms with van der Waals surface area (Å²) in [5.41, 5.74) is 2.23. The Morgan fingerprint density at radius 1 is 1.33 bits per heavy atom. The molecule has 2 aromatic rings. The molecule has 3 heterocycles. The van der Waals surface area contributed by atoms with Gasteiger partial charge in [0.1, 0.15) is 11.5 Å². The van der Waals surface area contributed by atoms with Gasteiger partial charge in [0.05, 0.1) is 11.6 Å². The number of likely N-dealkylation sites (tertiary alicyclic amines) is 1. The number of fused-ring (bicyclic) bond motifs is 1. The number of H-pyrrole nitrogens is 1. The molecular formula is C18H21N3O3. The van der Waals surface area contributed by atoms with Gasteiger partial charge in [0, 0.05) is 30.4 Å². The summed E-state index contributed by atoms with van der Waals surface area (Å²) in [6.45, 7) is 2.58. The molecule has 0 spiro atoms. The van der Waals surface area contributed by atoms with E-state index in [4.69, 9.17) is 4.42 Å². The first-order chi connectivity index (χ1) is 11.6. The van der Waals surface area contributed by atoms with Crippen LogP contribution in [0.5, 0.6) is 0 Å². The van der Waals surface area contributed by atoms with E-state index >= 15 is 0 Å². The molecule has 0 saturated carbocycles. The van der Waals surface area contributed by atoms with E-state index in [1.807, 2.05) is 11.8 Å². The van der Waals surface area contributed by atoms with Crippen molar-refractivity contribution in [2.75, 3.05) is 6.54 Å². The largest absolute Gasteiger partial charge is 0.465 e. The molecule has 1 N–H and O–H groups in total. The van der Waals surface area contributed by atoms with Crippen molar-refractivity contribution in [3.05, 3.63) is 51.1 Å². The molecule has 0 aromatic carbocycles. The number of aromatic amines is 1. The van der Waals surface area contributed by atoms with Crippen molar-refractivity contribution in [1.29, 1.82) is 0 Å². The lowest BCUT2D eigenvalue weighted by atomic mass is 9.94. The first-order valence-electron chi connectivity index (χ1n) is 8.62. The molecule has 2 aromatic heterocycles. The molecule has 0 radical (unpaired) electrons. The van der Waals surface area contributed by atoms with Gasteiger partial charge in [0.15, 0.2) is 0 Å². The average Bonchev–Trinajstić information content (AvgIpc) is 3.18. The zero-order valence-corrected chi connectivity index (χ0v) is 13.8. The van der Waals surface area contributed by atoms with Gasteiger partial charge in [0.2, 0.25) is 0 Å². The lowest BCUT2D eigenvalue weighted by molar-refractivity contribution is 0.0730. The second kappa shape index (κ2) is 5.92. The second-order valence-corrected chi connectivity index (χ2v) is 6.63. The molecule has 6 nitrogen and oxygen atoms in total. The molecule has 1 aliphatic heterocycles. The maximum atomic E-state index is 13.2. The van der Waals surface area contributed by atoms with Crippen molar-refractivity contribution in [3.8, 4) is 0 Å². The van der Waals surface area contributed by atoms with Gasteiger partial charge in [-0.3, -0.25) is 4.79 Å². The van der Waals surface area contributed by atoms with E-state index < -0.39 is 0 Å². The molecule has 1 atom stereocenters. The van der Waals surface area contributed by atoms with Crippen LogP contribution in [0, 0.1) is 6.92 Å². The number of amides is 1. The van der Waals surface area contributed by atoms with Gasteiger partial charge >= 0.3 is 5.69 Å². The highest BCUT2D eigenvalue weighted by molar-refractivity contribution is 5.97. The Hall–Kier alpha value is -2.37. The smallest absolute Gasteiger partial charge is 0.345 e. The van der Waals surface area contributed by atoms with Crippen LogP contribution in [0.1, 0.15) is 64.9 Å². The quantitative estimate of drug-likeness (QED) is 0.919. The maximum Gasteiger partial charge on any atom is 0.345 e. The van der Waals surface area contributed by atoms with E-state index in [1.165, 1.54) is 6.20 Å². The summed E-state index contributed by atoms with van der Waals surface area (Å²) < 4.78 is 5.86. The van der Waals surface area contributed by atoms with Crippen LogP contribution in [0.4, 0.5) is 0 Å². The molecule has 126 valence electrons. The molecule has 1 saturated heterocycles. The number of rotatable bonds is 2. The molecule has 0 bridgehead atoms. The monoisotopic (exact) mass is 327 g/mol. The van der Waals surface area contributed by atoms with Crippen LogP contribution < -0.4 is 5.69 Å². The average molecular weight is 327 g/mol. The lowest BCUT2D eigenvalue weighted by Crippen LogP contribution is -2.32. The van der Waals surface area contributed by atoms with Gasteiger partial charge in [-0.15, -0.1) is 0 Å². The minimum absolute atomic E-state index is 0.0274. The van der Waals surface area contributed by atoms with Gasteiger partial charge in [-0.05, 0) is 45.1 Å². The Morgan fingerprint density at radius 3 is 3.00 bits per heavy atom. The molecule has 6 heteroatoms. The van der Waals surface area contributed by atoms with Crippen molar-refractivity contribution < 1.29 is 9.21 Å². The van der Waals surface area contributed by atoms with Crippen LogP contribution in [-0.2, 0) is 12.8 Å². The van der Waals surface area contributed by atoms with E-state index in [2.05, 4.69) is 9.97 Å². The van der Waals surface area contributed by atoms with Crippen molar-refractivity contribution in [2.24, 2.45) is 0 Å². The van der Waals surface area contributed by atoms with Gasteiger partial charge in [-0.1, -0.05) is 0 Å². The summed E-state index contributed by atoms with van der Waals surface area (Å²) >= 11 is 0. The number of hydrogen-bond acceptors (Lipinski definition) is 4. The standard InChI is InChI=1S/C18H21N3O3/c1-11-16(12-5-2-3-7-15(12)24-11)17(22)21-10-4-6-14(21)13-8-9-19-18(23)20-13/h8-9,14H,2-7,10H2,1H3,(H,19,20,23)/t14-/m0/s1. The Bertz CT molecular complexity index is 836. The highest BCUT2D eigenvalue weighted by Gasteiger charge is 2.35.